The molecule has 1 aliphatic rings. The molecule has 3 N–H and O–H groups in total. The Hall–Kier alpha value is -4.99. The molecule has 0 aliphatic carbocycles. The van der Waals surface area contributed by atoms with Gasteiger partial charge in [0, 0.05) is 23.4 Å². The van der Waals surface area contributed by atoms with Crippen molar-refractivity contribution in [2.75, 3.05) is 4.90 Å². The fourth-order valence-corrected chi connectivity index (χ4v) is 3.79. The van der Waals surface area contributed by atoms with E-state index in [1.807, 2.05) is 0 Å². The van der Waals surface area contributed by atoms with E-state index in [0.29, 0.717) is 0 Å². The van der Waals surface area contributed by atoms with Crippen molar-refractivity contribution >= 4 is 34.8 Å². The third-order valence-electron chi connectivity index (χ3n) is 5.40. The van der Waals surface area contributed by atoms with Crippen LogP contribution < -0.4 is 4.90 Å². The minimum absolute atomic E-state index is 0.0206. The molecule has 3 aromatic rings. The molecule has 1 fully saturated rings. The minimum Gasteiger partial charge on any atom is -0.507 e. The molecule has 1 unspecified atom stereocenters. The molecule has 1 heterocycles. The second-order valence-electron chi connectivity index (χ2n) is 7.39. The zero-order valence-corrected chi connectivity index (χ0v) is 17.3. The van der Waals surface area contributed by atoms with Crippen LogP contribution in [0.25, 0.3) is 5.76 Å². The maximum atomic E-state index is 13.1. The Balaban J connectivity index is 1.96. The normalized spacial score (nSPS) is 17.1. The Labute approximate surface area is 191 Å². The number of carbonyl (C=O) groups is 3. The molecule has 0 bridgehead atoms. The Bertz CT molecular complexity index is 1360. The summed E-state index contributed by atoms with van der Waals surface area (Å²) in [7, 11) is 0. The summed E-state index contributed by atoms with van der Waals surface area (Å²) in [6.45, 7) is 0. The van der Waals surface area contributed by atoms with Gasteiger partial charge in [-0.15, -0.1) is 0 Å². The number of amides is 1. The first-order valence-electron chi connectivity index (χ1n) is 9.87. The van der Waals surface area contributed by atoms with Gasteiger partial charge in [0.15, 0.2) is 0 Å². The van der Waals surface area contributed by atoms with Crippen molar-refractivity contribution in [1.82, 2.24) is 0 Å². The molecule has 0 aromatic heterocycles. The highest BCUT2D eigenvalue weighted by atomic mass is 16.6. The molecule has 1 amide bonds. The molecular formula is C24H16N2O8. The number of ketones is 1. The number of nitrogens with zero attached hydrogens (tertiary/aromatic N) is 2. The first kappa shape index (κ1) is 22.2. The number of hydrogen-bond acceptors (Lipinski definition) is 7. The van der Waals surface area contributed by atoms with E-state index in [-0.39, 0.29) is 28.1 Å². The van der Waals surface area contributed by atoms with Crippen LogP contribution in [0.15, 0.2) is 78.4 Å². The number of nitro benzene ring substituents is 1. The number of nitro groups is 1. The number of anilines is 1. The summed E-state index contributed by atoms with van der Waals surface area (Å²) < 4.78 is 0. The topological polar surface area (TPSA) is 158 Å². The number of carboxylic acids is 1. The van der Waals surface area contributed by atoms with Crippen LogP contribution in [-0.2, 0) is 9.59 Å². The van der Waals surface area contributed by atoms with Crippen LogP contribution in [0.4, 0.5) is 11.4 Å². The molecule has 10 nitrogen and oxygen atoms in total. The number of phenols is 1. The SMILES string of the molecule is O=C1C(=O)N(c2ccc(O)c(C(=O)O)c2)C(c2ccc([N+](=O)[O-])cc2)/C1=C(\O)c1ccccc1. The lowest BCUT2D eigenvalue weighted by Gasteiger charge is -2.25. The summed E-state index contributed by atoms with van der Waals surface area (Å²) in [5.74, 6) is -4.50. The predicted molar refractivity (Wildman–Crippen MR) is 119 cm³/mol. The number of aliphatic hydroxyl groups excluding tert-OH is 1. The molecule has 3 aromatic carbocycles. The highest BCUT2D eigenvalue weighted by Gasteiger charge is 2.47. The Morgan fingerprint density at radius 3 is 2.18 bits per heavy atom. The lowest BCUT2D eigenvalue weighted by atomic mass is 9.95. The van der Waals surface area contributed by atoms with Crippen LogP contribution in [-0.4, -0.2) is 37.9 Å². The lowest BCUT2D eigenvalue weighted by Crippen LogP contribution is -2.29. The van der Waals surface area contributed by atoms with E-state index < -0.39 is 45.7 Å². The van der Waals surface area contributed by atoms with Gasteiger partial charge in [0.2, 0.25) is 0 Å². The van der Waals surface area contributed by atoms with Crippen molar-refractivity contribution in [3.05, 3.63) is 105 Å². The molecule has 1 atom stereocenters. The van der Waals surface area contributed by atoms with E-state index in [2.05, 4.69) is 0 Å². The molecule has 34 heavy (non-hydrogen) atoms. The van der Waals surface area contributed by atoms with Crippen LogP contribution in [0.1, 0.15) is 27.5 Å². The number of rotatable bonds is 5. The number of hydrogen-bond donors (Lipinski definition) is 3. The molecule has 1 aliphatic heterocycles. The smallest absolute Gasteiger partial charge is 0.339 e. The second-order valence-corrected chi connectivity index (χ2v) is 7.39. The maximum Gasteiger partial charge on any atom is 0.339 e. The predicted octanol–water partition coefficient (Wildman–Crippen LogP) is 3.62. The van der Waals surface area contributed by atoms with Gasteiger partial charge in [-0.05, 0) is 35.9 Å². The van der Waals surface area contributed by atoms with Gasteiger partial charge >= 0.3 is 5.97 Å². The monoisotopic (exact) mass is 460 g/mol. The molecule has 1 saturated heterocycles. The van der Waals surface area contributed by atoms with Gasteiger partial charge in [0.1, 0.15) is 17.1 Å². The molecule has 0 radical (unpaired) electrons. The average molecular weight is 460 g/mol. The van der Waals surface area contributed by atoms with E-state index in [1.165, 1.54) is 30.3 Å². The van der Waals surface area contributed by atoms with Gasteiger partial charge in [-0.3, -0.25) is 24.6 Å². The Kier molecular flexibility index (Phi) is 5.56. The summed E-state index contributed by atoms with van der Waals surface area (Å²) in [4.78, 5) is 49.1. The number of Topliss-reactive ketones (excluding diaryl/α,β-unsaturated/α-hetero) is 1. The van der Waals surface area contributed by atoms with Crippen molar-refractivity contribution in [3.63, 3.8) is 0 Å². The van der Waals surface area contributed by atoms with E-state index in [0.717, 1.165) is 17.0 Å². The average Bonchev–Trinajstić information content (AvgIpc) is 3.10. The van der Waals surface area contributed by atoms with Crippen LogP contribution in [0, 0.1) is 10.1 Å². The maximum absolute atomic E-state index is 13.1. The molecule has 0 saturated carbocycles. The van der Waals surface area contributed by atoms with Crippen LogP contribution >= 0.6 is 0 Å². The number of carbonyl (C=O) groups excluding carboxylic acids is 2. The van der Waals surface area contributed by atoms with Crippen molar-refractivity contribution in [2.45, 2.75) is 6.04 Å². The first-order chi connectivity index (χ1) is 16.2. The lowest BCUT2D eigenvalue weighted by molar-refractivity contribution is -0.384. The van der Waals surface area contributed by atoms with Gasteiger partial charge in [-0.1, -0.05) is 30.3 Å². The van der Waals surface area contributed by atoms with E-state index in [9.17, 15) is 39.8 Å². The van der Waals surface area contributed by atoms with Crippen molar-refractivity contribution < 1.29 is 34.6 Å². The molecular weight excluding hydrogens is 444 g/mol. The van der Waals surface area contributed by atoms with Crippen molar-refractivity contribution in [3.8, 4) is 5.75 Å². The number of aliphatic hydroxyl groups is 1. The fourth-order valence-electron chi connectivity index (χ4n) is 3.79. The Morgan fingerprint density at radius 1 is 0.941 bits per heavy atom. The summed E-state index contributed by atoms with van der Waals surface area (Å²) in [6.07, 6.45) is 0. The van der Waals surface area contributed by atoms with E-state index in [1.54, 1.807) is 30.3 Å². The Morgan fingerprint density at radius 2 is 1.59 bits per heavy atom. The van der Waals surface area contributed by atoms with E-state index in [4.69, 9.17) is 0 Å². The summed E-state index contributed by atoms with van der Waals surface area (Å²) >= 11 is 0. The standard InChI is InChI=1S/C24H16N2O8/c27-18-11-10-16(12-17(18)24(31)32)25-20(13-6-8-15(9-7-13)26(33)34)19(22(29)23(25)30)21(28)14-4-2-1-3-5-14/h1-12,20,27-28H,(H,31,32)/b21-19+. The largest absolute Gasteiger partial charge is 0.507 e. The van der Waals surface area contributed by atoms with Gasteiger partial charge < -0.3 is 15.3 Å². The van der Waals surface area contributed by atoms with E-state index >= 15 is 0 Å². The summed E-state index contributed by atoms with van der Waals surface area (Å²) in [6, 6.07) is 15.3. The van der Waals surface area contributed by atoms with Gasteiger partial charge in [-0.25, -0.2) is 4.79 Å². The fraction of sp³-hybridized carbons (Fsp3) is 0.0417. The van der Waals surface area contributed by atoms with Crippen molar-refractivity contribution in [2.24, 2.45) is 0 Å². The highest BCUT2D eigenvalue weighted by Crippen LogP contribution is 2.43. The second kappa shape index (κ2) is 8.51. The number of aromatic hydroxyl groups is 1. The van der Waals surface area contributed by atoms with Crippen LogP contribution in [0.5, 0.6) is 5.75 Å². The van der Waals surface area contributed by atoms with Crippen LogP contribution in [0.3, 0.4) is 0 Å². The third kappa shape index (κ3) is 3.73. The molecule has 10 heteroatoms. The van der Waals surface area contributed by atoms with Gasteiger partial charge in [0.05, 0.1) is 16.5 Å². The van der Waals surface area contributed by atoms with Crippen LogP contribution in [0.2, 0.25) is 0 Å². The van der Waals surface area contributed by atoms with Gasteiger partial charge in [0.25, 0.3) is 17.4 Å². The number of carboxylic acid groups (broad SMARTS) is 1. The first-order valence-corrected chi connectivity index (χ1v) is 9.87. The quantitative estimate of drug-likeness (QED) is 0.171. The number of aromatic carboxylic acids is 1. The molecule has 170 valence electrons. The summed E-state index contributed by atoms with van der Waals surface area (Å²) in [5.41, 5.74) is -0.467. The minimum atomic E-state index is -1.45. The number of benzene rings is 3. The number of non-ortho nitro benzene ring substituents is 1. The zero-order valence-electron chi connectivity index (χ0n) is 17.3. The highest BCUT2D eigenvalue weighted by molar-refractivity contribution is 6.51. The van der Waals surface area contributed by atoms with Crippen molar-refractivity contribution in [1.29, 1.82) is 0 Å². The molecule has 0 spiro atoms. The third-order valence-corrected chi connectivity index (χ3v) is 5.40. The van der Waals surface area contributed by atoms with Gasteiger partial charge in [-0.2, -0.15) is 0 Å². The zero-order chi connectivity index (χ0) is 24.6. The molecule has 4 rings (SSSR count). The summed E-state index contributed by atoms with van der Waals surface area (Å²) in [5, 5.41) is 41.3.